The van der Waals surface area contributed by atoms with Gasteiger partial charge in [-0.2, -0.15) is 13.2 Å². The minimum Gasteiger partial charge on any atom is -0.323 e. The Morgan fingerprint density at radius 3 is 2.10 bits per heavy atom. The molecule has 0 N–H and O–H groups in total. The molecular weight excluding hydrogens is 409 g/mol. The Balaban J connectivity index is 1.06. The Morgan fingerprint density at radius 1 is 1.03 bits per heavy atom. The lowest BCUT2D eigenvalue weighted by Gasteiger charge is -2.62. The zero-order chi connectivity index (χ0) is 20.7. The van der Waals surface area contributed by atoms with E-state index < -0.39 is 21.7 Å². The highest BCUT2D eigenvalue weighted by Crippen LogP contribution is 2.53. The summed E-state index contributed by atoms with van der Waals surface area (Å²) in [6, 6.07) is -0.0115. The van der Waals surface area contributed by atoms with Gasteiger partial charge < -0.3 is 9.80 Å². The molecule has 1 aliphatic carbocycles. The van der Waals surface area contributed by atoms with Crippen LogP contribution in [0.1, 0.15) is 24.2 Å². The van der Waals surface area contributed by atoms with E-state index in [4.69, 9.17) is 0 Å². The molecular formula is C18H21F3N4O3S. The van der Waals surface area contributed by atoms with Crippen molar-refractivity contribution in [3.05, 3.63) is 23.8 Å². The first-order valence-electron chi connectivity index (χ1n) is 9.59. The first-order valence-corrected chi connectivity index (χ1v) is 11.4. The molecule has 0 radical (unpaired) electrons. The molecule has 0 atom stereocenters. The minimum atomic E-state index is -4.48. The van der Waals surface area contributed by atoms with Crippen LogP contribution in [-0.4, -0.2) is 71.9 Å². The van der Waals surface area contributed by atoms with E-state index in [-0.39, 0.29) is 28.4 Å². The zero-order valence-electron chi connectivity index (χ0n) is 15.7. The van der Waals surface area contributed by atoms with Crippen LogP contribution in [0.25, 0.3) is 0 Å². The van der Waals surface area contributed by atoms with Gasteiger partial charge in [-0.15, -0.1) is 0 Å². The van der Waals surface area contributed by atoms with Gasteiger partial charge in [-0.3, -0.25) is 4.98 Å². The summed E-state index contributed by atoms with van der Waals surface area (Å²) in [5, 5.41) is 0. The van der Waals surface area contributed by atoms with Crippen LogP contribution in [0.15, 0.2) is 12.4 Å². The van der Waals surface area contributed by atoms with Crippen molar-refractivity contribution in [2.45, 2.75) is 25.4 Å². The third-order valence-corrected chi connectivity index (χ3v) is 8.74. The van der Waals surface area contributed by atoms with E-state index in [9.17, 15) is 26.4 Å². The Bertz CT molecular complexity index is 930. The van der Waals surface area contributed by atoms with Crippen LogP contribution in [0.3, 0.4) is 0 Å². The van der Waals surface area contributed by atoms with Gasteiger partial charge in [-0.1, -0.05) is 0 Å². The number of nitrogens with zero attached hydrogens (tertiary/aromatic N) is 4. The molecule has 1 saturated carbocycles. The Labute approximate surface area is 166 Å². The van der Waals surface area contributed by atoms with Crippen LogP contribution < -0.4 is 0 Å². The summed E-state index contributed by atoms with van der Waals surface area (Å²) in [5.41, 5.74) is -0.484. The van der Waals surface area contributed by atoms with Gasteiger partial charge >= 0.3 is 12.2 Å². The number of urea groups is 1. The zero-order valence-corrected chi connectivity index (χ0v) is 16.5. The van der Waals surface area contributed by atoms with E-state index in [2.05, 4.69) is 9.97 Å². The van der Waals surface area contributed by atoms with Gasteiger partial charge in [0.1, 0.15) is 0 Å². The molecule has 1 aromatic rings. The van der Waals surface area contributed by atoms with Crippen molar-refractivity contribution in [1.29, 1.82) is 0 Å². The molecule has 0 aromatic carbocycles. The summed E-state index contributed by atoms with van der Waals surface area (Å²) < 4.78 is 60.3. The van der Waals surface area contributed by atoms with E-state index in [0.717, 1.165) is 19.0 Å². The number of alkyl halides is 3. The predicted octanol–water partition coefficient (Wildman–Crippen LogP) is 1.60. The maximum Gasteiger partial charge on any atom is 0.434 e. The van der Waals surface area contributed by atoms with Gasteiger partial charge in [0, 0.05) is 43.2 Å². The van der Waals surface area contributed by atoms with Gasteiger partial charge in [-0.05, 0) is 25.2 Å². The van der Waals surface area contributed by atoms with Crippen LogP contribution >= 0.6 is 0 Å². The average molecular weight is 430 g/mol. The molecule has 0 bridgehead atoms. The Hall–Kier alpha value is -1.91. The van der Waals surface area contributed by atoms with Crippen molar-refractivity contribution in [3.8, 4) is 0 Å². The number of likely N-dealkylation sites (tertiary alicyclic amines) is 2. The summed E-state index contributed by atoms with van der Waals surface area (Å²) in [4.78, 5) is 23.4. The lowest BCUT2D eigenvalue weighted by atomic mass is 9.57. The highest BCUT2D eigenvalue weighted by molar-refractivity contribution is 7.92. The normalized spacial score (nSPS) is 26.4. The molecule has 3 saturated heterocycles. The molecule has 0 unspecified atom stereocenters. The van der Waals surface area contributed by atoms with Crippen LogP contribution in [0.5, 0.6) is 0 Å². The van der Waals surface area contributed by atoms with Crippen LogP contribution in [0.2, 0.25) is 0 Å². The minimum absolute atomic E-state index is 0.0115. The number of amides is 2. The summed E-state index contributed by atoms with van der Waals surface area (Å²) in [6.07, 6.45) is -0.0320. The highest BCUT2D eigenvalue weighted by atomic mass is 32.2. The molecule has 7 nitrogen and oxygen atoms in total. The summed E-state index contributed by atoms with van der Waals surface area (Å²) in [6.45, 7) is 2.46. The fourth-order valence-corrected chi connectivity index (χ4v) is 7.69. The standard InChI is InChI=1S/C18H21F3N4O3S/c19-18(20,21)14-5-22-13(4-23-14)1-12-2-16(3-12)6-24(7-16)15(26)25-8-17(9-25)10-29(27,28)11-17/h4-5,12H,1-3,6-11H2. The summed E-state index contributed by atoms with van der Waals surface area (Å²) in [7, 11) is -2.88. The van der Waals surface area contributed by atoms with Crippen molar-refractivity contribution in [2.75, 3.05) is 37.7 Å². The Kier molecular flexibility index (Phi) is 3.83. The van der Waals surface area contributed by atoms with E-state index >= 15 is 0 Å². The molecule has 29 heavy (non-hydrogen) atoms. The fraction of sp³-hybridized carbons (Fsp3) is 0.722. The van der Waals surface area contributed by atoms with Gasteiger partial charge in [0.05, 0.1) is 23.4 Å². The van der Waals surface area contributed by atoms with Gasteiger partial charge in [0.25, 0.3) is 0 Å². The van der Waals surface area contributed by atoms with Gasteiger partial charge in [0.2, 0.25) is 0 Å². The second-order valence-corrected chi connectivity index (χ2v) is 11.5. The first-order chi connectivity index (χ1) is 13.5. The number of sulfone groups is 1. The van der Waals surface area contributed by atoms with Crippen molar-refractivity contribution < 1.29 is 26.4 Å². The topological polar surface area (TPSA) is 83.5 Å². The number of rotatable bonds is 2. The quantitative estimate of drug-likeness (QED) is 0.712. The summed E-state index contributed by atoms with van der Waals surface area (Å²) >= 11 is 0. The molecule has 11 heteroatoms. The lowest BCUT2D eigenvalue weighted by molar-refractivity contribution is -0.141. The van der Waals surface area contributed by atoms with E-state index in [1.807, 2.05) is 4.90 Å². The highest BCUT2D eigenvalue weighted by Gasteiger charge is 2.60. The molecule has 4 fully saturated rings. The number of aromatic nitrogens is 2. The number of hydrogen-bond donors (Lipinski definition) is 0. The molecule has 1 aromatic heterocycles. The maximum atomic E-state index is 12.5. The van der Waals surface area contributed by atoms with Crippen molar-refractivity contribution in [3.63, 3.8) is 0 Å². The first kappa shape index (κ1) is 19.1. The molecule has 4 heterocycles. The third-order valence-electron chi connectivity index (χ3n) is 6.64. The lowest BCUT2D eigenvalue weighted by Crippen LogP contribution is -2.73. The molecule has 3 aliphatic heterocycles. The molecule has 2 spiro atoms. The van der Waals surface area contributed by atoms with Crippen molar-refractivity contribution >= 4 is 15.9 Å². The molecule has 2 amide bonds. The van der Waals surface area contributed by atoms with E-state index in [1.54, 1.807) is 4.90 Å². The maximum absolute atomic E-state index is 12.5. The molecule has 4 aliphatic rings. The summed E-state index contributed by atoms with van der Waals surface area (Å²) in [5.74, 6) is 0.746. The fourth-order valence-electron chi connectivity index (χ4n) is 5.54. The third kappa shape index (κ3) is 3.27. The smallest absolute Gasteiger partial charge is 0.323 e. The second-order valence-electron chi connectivity index (χ2n) is 9.40. The van der Waals surface area contributed by atoms with Crippen LogP contribution in [0, 0.1) is 16.7 Å². The van der Waals surface area contributed by atoms with E-state index in [1.165, 1.54) is 6.20 Å². The van der Waals surface area contributed by atoms with Crippen LogP contribution in [0.4, 0.5) is 18.0 Å². The number of carbonyl (C=O) groups is 1. The molecule has 5 rings (SSSR count). The molecule has 158 valence electrons. The number of halogens is 3. The van der Waals surface area contributed by atoms with Crippen molar-refractivity contribution in [1.82, 2.24) is 19.8 Å². The van der Waals surface area contributed by atoms with Crippen molar-refractivity contribution in [2.24, 2.45) is 16.7 Å². The van der Waals surface area contributed by atoms with Gasteiger partial charge in [0.15, 0.2) is 15.5 Å². The number of hydrogen-bond acceptors (Lipinski definition) is 5. The monoisotopic (exact) mass is 430 g/mol. The number of carbonyl (C=O) groups excluding carboxylic acids is 1. The SMILES string of the molecule is O=C(N1CC2(CC(Cc3cnc(C(F)(F)F)cn3)C2)C1)N1CC2(C1)CS(=O)(=O)C2. The van der Waals surface area contributed by atoms with E-state index in [0.29, 0.717) is 44.2 Å². The average Bonchev–Trinajstić information content (AvgIpc) is 2.50. The van der Waals surface area contributed by atoms with Gasteiger partial charge in [-0.25, -0.2) is 18.2 Å². The second kappa shape index (κ2) is 5.83. The predicted molar refractivity (Wildman–Crippen MR) is 95.5 cm³/mol. The largest absolute Gasteiger partial charge is 0.434 e. The van der Waals surface area contributed by atoms with Crippen LogP contribution in [-0.2, 0) is 22.4 Å². The Morgan fingerprint density at radius 2 is 1.62 bits per heavy atom.